The molecule has 6 aromatic rings. The molecule has 0 spiro atoms. The fraction of sp³-hybridized carbons (Fsp3) is 0.351. The van der Waals surface area contributed by atoms with Gasteiger partial charge in [0.25, 0.3) is 20.6 Å². The molecular formula is C37H38BF2N9O12P2S. The lowest BCUT2D eigenvalue weighted by atomic mass is 10.1. The van der Waals surface area contributed by atoms with Crippen LogP contribution in [0.2, 0.25) is 0 Å². The highest BCUT2D eigenvalue weighted by Crippen LogP contribution is 2.65. The lowest BCUT2D eigenvalue weighted by Gasteiger charge is -2.30. The van der Waals surface area contributed by atoms with Crippen LogP contribution in [0.1, 0.15) is 35.3 Å². The van der Waals surface area contributed by atoms with Gasteiger partial charge in [0.05, 0.1) is 43.7 Å². The zero-order valence-electron chi connectivity index (χ0n) is 33.7. The molecule has 0 radical (unpaired) electrons. The number of aromatic nitrogens is 7. The molecular weight excluding hydrogens is 905 g/mol. The van der Waals surface area contributed by atoms with E-state index >= 15 is 8.78 Å². The van der Waals surface area contributed by atoms with Crippen LogP contribution >= 0.6 is 25.7 Å². The number of imidazole rings is 2. The van der Waals surface area contributed by atoms with Crippen molar-refractivity contribution in [3.05, 3.63) is 94.9 Å². The van der Waals surface area contributed by atoms with E-state index in [1.807, 2.05) is 6.92 Å². The molecule has 9 rings (SSSR count). The lowest BCUT2D eigenvalue weighted by molar-refractivity contribution is -0.0546. The van der Waals surface area contributed by atoms with E-state index in [-0.39, 0.29) is 45.5 Å². The van der Waals surface area contributed by atoms with E-state index in [0.29, 0.717) is 34.9 Å². The first-order valence-electron chi connectivity index (χ1n) is 19.6. The number of halogens is 2. The molecule has 0 aliphatic carbocycles. The third-order valence-electron chi connectivity index (χ3n) is 10.4. The van der Waals surface area contributed by atoms with Crippen LogP contribution in [0, 0.1) is 0 Å². The minimum absolute atomic E-state index is 0.0541. The highest BCUT2D eigenvalue weighted by Gasteiger charge is 2.54. The molecule has 4 aromatic heterocycles. The van der Waals surface area contributed by atoms with Crippen LogP contribution in [0.25, 0.3) is 22.3 Å². The van der Waals surface area contributed by atoms with Crippen molar-refractivity contribution in [2.24, 2.45) is 0 Å². The molecule has 7 heterocycles. The van der Waals surface area contributed by atoms with E-state index < -0.39 is 88.2 Å². The van der Waals surface area contributed by atoms with Crippen LogP contribution in [0.4, 0.5) is 20.4 Å². The molecule has 27 heteroatoms. The maximum atomic E-state index is 16.9. The molecule has 3 fully saturated rings. The first-order valence-corrected chi connectivity index (χ1v) is 24.7. The molecule has 3 aliphatic rings. The average molecular weight is 944 g/mol. The summed E-state index contributed by atoms with van der Waals surface area (Å²) in [6.07, 6.45) is -9.70. The van der Waals surface area contributed by atoms with Gasteiger partial charge in [-0.05, 0) is 66.3 Å². The first-order chi connectivity index (χ1) is 30.7. The standard InChI is InChI=1S/C37H38BF2N9O12P2S/c1-2-54-20-9-5-19(6-10-20)36(51)57-21-7-3-18(4-8-21)15-64-63(53)56-14-24-29(25(39)35(59-24)49-17-45-28-32(49)46-37(42)47-33(28)50)60-62(38,52)55-13-23-30(61-63)26(40)34(58-23)48-16-44-27-22(41)11-12-43-31(27)48/h3-12,16-17,23-26,29-30,34-35H,2,13-15,38H2,1H3,(H2,41,43)(H3,42,46,47,50)/t23-,24-,25-,26-,29-,30-,34-,35-,62+,63+/m1/s1. The van der Waals surface area contributed by atoms with Crippen molar-refractivity contribution in [1.29, 1.82) is 0 Å². The van der Waals surface area contributed by atoms with Crippen LogP contribution in [0.15, 0.2) is 78.2 Å². The second-order valence-corrected chi connectivity index (χ2v) is 20.8. The van der Waals surface area contributed by atoms with Gasteiger partial charge in [0.15, 0.2) is 41.6 Å². The second kappa shape index (κ2) is 17.6. The molecule has 5 N–H and O–H groups in total. The molecule has 0 saturated carbocycles. The summed E-state index contributed by atoms with van der Waals surface area (Å²) in [6, 6.07) is 14.3. The Bertz CT molecular complexity index is 2860. The van der Waals surface area contributed by atoms with Crippen LogP contribution in [0.5, 0.6) is 11.5 Å². The quantitative estimate of drug-likeness (QED) is 0.0783. The van der Waals surface area contributed by atoms with E-state index in [9.17, 15) is 18.7 Å². The Labute approximate surface area is 365 Å². The molecule has 0 amide bonds. The third-order valence-corrected chi connectivity index (χ3v) is 15.3. The molecule has 336 valence electrons. The SMILES string of the molecule is B[P@]1(=O)OC[C@H]2O[C@@H](n3cnc4c(N)ccnc43)[C@H](F)[C@@H]2O[P@@](=O)(SCc2ccc(OC(=O)c3ccc(OCC)cc3)cc2)OC[C@H]2O[C@@H](n3cnc4c(=O)[nH]c(N)nc43)[C@H](F)[C@@H]2O1. The van der Waals surface area contributed by atoms with Crippen molar-refractivity contribution < 1.29 is 59.7 Å². The average Bonchev–Trinajstić information content (AvgIpc) is 4.04. The number of esters is 1. The number of nitrogen functional groups attached to an aromatic ring is 2. The number of rotatable bonds is 9. The zero-order valence-corrected chi connectivity index (χ0v) is 36.3. The number of nitrogens with zero attached hydrogens (tertiary/aromatic N) is 6. The number of carbonyl (C=O) groups excluding carboxylic acids is 1. The largest absolute Gasteiger partial charge is 0.494 e. The van der Waals surface area contributed by atoms with Gasteiger partial charge in [0.1, 0.15) is 41.4 Å². The summed E-state index contributed by atoms with van der Waals surface area (Å²) in [7, 11) is -3.15. The summed E-state index contributed by atoms with van der Waals surface area (Å²) < 4.78 is 111. The summed E-state index contributed by atoms with van der Waals surface area (Å²) in [6.45, 7) is -3.58. The second-order valence-electron chi connectivity index (χ2n) is 14.7. The van der Waals surface area contributed by atoms with Gasteiger partial charge in [-0.3, -0.25) is 32.5 Å². The number of carbonyl (C=O) groups is 1. The van der Waals surface area contributed by atoms with Crippen molar-refractivity contribution in [2.75, 3.05) is 31.3 Å². The van der Waals surface area contributed by atoms with Gasteiger partial charge < -0.3 is 39.5 Å². The Morgan fingerprint density at radius 3 is 2.19 bits per heavy atom. The zero-order chi connectivity index (χ0) is 44.9. The number of H-pyrrole nitrogens is 1. The van der Waals surface area contributed by atoms with Crippen molar-refractivity contribution in [3.63, 3.8) is 0 Å². The Hall–Kier alpha value is -5.23. The van der Waals surface area contributed by atoms with Crippen LogP contribution in [-0.2, 0) is 42.5 Å². The number of pyridine rings is 1. The van der Waals surface area contributed by atoms with E-state index in [0.717, 1.165) is 18.5 Å². The Morgan fingerprint density at radius 2 is 1.50 bits per heavy atom. The predicted molar refractivity (Wildman–Crippen MR) is 228 cm³/mol. The number of aromatic amines is 1. The summed E-state index contributed by atoms with van der Waals surface area (Å²) >= 11 is 0.676. The van der Waals surface area contributed by atoms with Gasteiger partial charge in [-0.25, -0.2) is 33.1 Å². The lowest BCUT2D eigenvalue weighted by Crippen LogP contribution is -2.37. The smallest absolute Gasteiger partial charge is 0.389 e. The van der Waals surface area contributed by atoms with Crippen molar-refractivity contribution >= 4 is 73.2 Å². The third kappa shape index (κ3) is 8.79. The van der Waals surface area contributed by atoms with Gasteiger partial charge in [0, 0.05) is 11.9 Å². The Balaban J connectivity index is 0.990. The van der Waals surface area contributed by atoms with Crippen LogP contribution in [-0.4, -0.2) is 104 Å². The Morgan fingerprint density at radius 1 is 0.875 bits per heavy atom. The number of hydrogen-bond acceptors (Lipinski definition) is 19. The van der Waals surface area contributed by atoms with Crippen molar-refractivity contribution in [2.45, 2.75) is 61.9 Å². The number of alkyl halides is 2. The molecule has 2 aromatic carbocycles. The number of hydrogen-bond donors (Lipinski definition) is 3. The molecule has 64 heavy (non-hydrogen) atoms. The van der Waals surface area contributed by atoms with E-state index in [1.54, 1.807) is 36.4 Å². The predicted octanol–water partition coefficient (Wildman–Crippen LogP) is 4.42. The maximum absolute atomic E-state index is 16.9. The van der Waals surface area contributed by atoms with Gasteiger partial charge in [0.2, 0.25) is 5.95 Å². The number of benzene rings is 2. The normalized spacial score (nSPS) is 29.7. The highest BCUT2D eigenvalue weighted by molar-refractivity contribution is 8.54. The summed E-state index contributed by atoms with van der Waals surface area (Å²) in [5, 5.41) is 0. The number of anilines is 2. The van der Waals surface area contributed by atoms with Gasteiger partial charge in [-0.1, -0.05) is 12.1 Å². The molecule has 0 bridgehead atoms. The minimum Gasteiger partial charge on any atom is -0.494 e. The fourth-order valence-corrected chi connectivity index (χ4v) is 11.9. The first kappa shape index (κ1) is 44.0. The van der Waals surface area contributed by atoms with Crippen molar-refractivity contribution in [1.82, 2.24) is 34.1 Å². The molecule has 10 atom stereocenters. The minimum atomic E-state index is -4.55. The molecule has 21 nitrogen and oxygen atoms in total. The molecule has 0 unspecified atom stereocenters. The summed E-state index contributed by atoms with van der Waals surface area (Å²) in [5.41, 5.74) is 12.4. The molecule has 3 saturated heterocycles. The monoisotopic (exact) mass is 943 g/mol. The van der Waals surface area contributed by atoms with Gasteiger partial charge >= 0.3 is 12.8 Å². The Kier molecular flexibility index (Phi) is 12.1. The van der Waals surface area contributed by atoms with Crippen LogP contribution in [0.3, 0.4) is 0 Å². The van der Waals surface area contributed by atoms with Crippen LogP contribution < -0.4 is 26.5 Å². The number of nitrogens with two attached hydrogens (primary N) is 2. The number of nitrogens with one attached hydrogen (secondary N) is 1. The van der Waals surface area contributed by atoms with Gasteiger partial charge in [-0.2, -0.15) is 4.98 Å². The van der Waals surface area contributed by atoms with Gasteiger partial charge in [-0.15, -0.1) is 0 Å². The van der Waals surface area contributed by atoms with E-state index in [4.69, 9.17) is 48.5 Å². The highest BCUT2D eigenvalue weighted by atomic mass is 32.7. The summed E-state index contributed by atoms with van der Waals surface area (Å²) in [5.74, 6) is -0.107. The maximum Gasteiger partial charge on any atom is 0.389 e. The number of fused-ring (bicyclic) bond motifs is 4. The van der Waals surface area contributed by atoms with E-state index in [2.05, 4.69) is 24.9 Å². The van der Waals surface area contributed by atoms with E-state index in [1.165, 1.54) is 35.3 Å². The molecule has 3 aliphatic heterocycles. The number of ether oxygens (including phenoxy) is 4. The fourth-order valence-electron chi connectivity index (χ4n) is 7.32. The van der Waals surface area contributed by atoms with Crippen molar-refractivity contribution in [3.8, 4) is 11.5 Å². The summed E-state index contributed by atoms with van der Waals surface area (Å²) in [4.78, 5) is 44.3. The topological polar surface area (TPSA) is 271 Å².